The number of halogens is 2. The van der Waals surface area contributed by atoms with Gasteiger partial charge in [0.15, 0.2) is 0 Å². The predicted molar refractivity (Wildman–Crippen MR) is 75.6 cm³/mol. The first-order valence-electron chi connectivity index (χ1n) is 6.06. The fourth-order valence-electron chi connectivity index (χ4n) is 1.31. The average molecular weight is 372 g/mol. The quantitative estimate of drug-likeness (QED) is 0.252. The second-order valence-corrected chi connectivity index (χ2v) is 5.43. The molecular formula is C12H20Br2O3. The van der Waals surface area contributed by atoms with E-state index in [2.05, 4.69) is 31.9 Å². The molecule has 0 unspecified atom stereocenters. The van der Waals surface area contributed by atoms with Gasteiger partial charge in [-0.05, 0) is 25.7 Å². The van der Waals surface area contributed by atoms with Crippen LogP contribution in [0.2, 0.25) is 0 Å². The first kappa shape index (κ1) is 17.1. The molecule has 0 aromatic carbocycles. The highest BCUT2D eigenvalue weighted by Crippen LogP contribution is 2.06. The van der Waals surface area contributed by atoms with Crippen LogP contribution in [0.25, 0.3) is 0 Å². The minimum atomic E-state index is -0.384. The third kappa shape index (κ3) is 12.3. The lowest BCUT2D eigenvalue weighted by Gasteiger charge is -2.02. The van der Waals surface area contributed by atoms with Crippen LogP contribution in [0.3, 0.4) is 0 Å². The van der Waals surface area contributed by atoms with Gasteiger partial charge in [-0.1, -0.05) is 44.7 Å². The zero-order chi connectivity index (χ0) is 12.9. The Morgan fingerprint density at radius 1 is 0.706 bits per heavy atom. The van der Waals surface area contributed by atoms with E-state index in [4.69, 9.17) is 4.74 Å². The van der Waals surface area contributed by atoms with E-state index in [9.17, 15) is 9.59 Å². The highest BCUT2D eigenvalue weighted by atomic mass is 79.9. The van der Waals surface area contributed by atoms with Crippen molar-refractivity contribution in [1.29, 1.82) is 0 Å². The summed E-state index contributed by atoms with van der Waals surface area (Å²) >= 11 is 6.65. The molecule has 0 aliphatic heterocycles. The van der Waals surface area contributed by atoms with Crippen LogP contribution < -0.4 is 0 Å². The molecule has 0 atom stereocenters. The summed E-state index contributed by atoms with van der Waals surface area (Å²) in [5.74, 6) is -0.768. The average Bonchev–Trinajstić information content (AvgIpc) is 2.30. The molecule has 0 saturated carbocycles. The zero-order valence-corrected chi connectivity index (χ0v) is 13.2. The standard InChI is InChI=1S/C12H20Br2O3/c13-9-5-1-3-7-11(15)17-12(16)8-4-2-6-10-14/h1-10H2. The number of hydrogen-bond donors (Lipinski definition) is 0. The van der Waals surface area contributed by atoms with Crippen molar-refractivity contribution in [2.24, 2.45) is 0 Å². The van der Waals surface area contributed by atoms with Gasteiger partial charge < -0.3 is 4.74 Å². The number of ether oxygens (including phenoxy) is 1. The van der Waals surface area contributed by atoms with Gasteiger partial charge in [0.25, 0.3) is 0 Å². The van der Waals surface area contributed by atoms with Gasteiger partial charge in [-0.3, -0.25) is 9.59 Å². The van der Waals surface area contributed by atoms with E-state index >= 15 is 0 Å². The maximum Gasteiger partial charge on any atom is 0.313 e. The molecule has 0 N–H and O–H groups in total. The number of unbranched alkanes of at least 4 members (excludes halogenated alkanes) is 4. The number of rotatable bonds is 10. The lowest BCUT2D eigenvalue weighted by Crippen LogP contribution is -2.11. The molecule has 0 aromatic rings. The number of carbonyl (C=O) groups is 2. The Kier molecular flexibility index (Phi) is 12.6. The van der Waals surface area contributed by atoms with E-state index < -0.39 is 0 Å². The number of carbonyl (C=O) groups excluding carboxylic acids is 2. The zero-order valence-electron chi connectivity index (χ0n) is 10.1. The van der Waals surface area contributed by atoms with Crippen molar-refractivity contribution >= 4 is 43.8 Å². The fraction of sp³-hybridized carbons (Fsp3) is 0.833. The van der Waals surface area contributed by atoms with Crippen LogP contribution in [-0.2, 0) is 14.3 Å². The maximum absolute atomic E-state index is 11.2. The molecule has 0 aliphatic carbocycles. The van der Waals surface area contributed by atoms with Crippen molar-refractivity contribution < 1.29 is 14.3 Å². The highest BCUT2D eigenvalue weighted by Gasteiger charge is 2.09. The summed E-state index contributed by atoms with van der Waals surface area (Å²) in [4.78, 5) is 22.5. The number of alkyl halides is 2. The van der Waals surface area contributed by atoms with Gasteiger partial charge in [-0.25, -0.2) is 0 Å². The lowest BCUT2D eigenvalue weighted by molar-refractivity contribution is -0.159. The van der Waals surface area contributed by atoms with Crippen LogP contribution in [0, 0.1) is 0 Å². The van der Waals surface area contributed by atoms with Crippen LogP contribution in [0.1, 0.15) is 51.4 Å². The molecule has 0 amide bonds. The van der Waals surface area contributed by atoms with Gasteiger partial charge in [-0.15, -0.1) is 0 Å². The summed E-state index contributed by atoms with van der Waals surface area (Å²) in [5, 5.41) is 1.91. The van der Waals surface area contributed by atoms with Crippen molar-refractivity contribution in [1.82, 2.24) is 0 Å². The lowest BCUT2D eigenvalue weighted by atomic mass is 10.2. The van der Waals surface area contributed by atoms with Gasteiger partial charge >= 0.3 is 11.9 Å². The van der Waals surface area contributed by atoms with Gasteiger partial charge in [0.1, 0.15) is 0 Å². The minimum absolute atomic E-state index is 0.347. The normalized spacial score (nSPS) is 10.2. The Balaban J connectivity index is 3.42. The topological polar surface area (TPSA) is 43.4 Å². The summed E-state index contributed by atoms with van der Waals surface area (Å²) in [6, 6.07) is 0. The summed E-state index contributed by atoms with van der Waals surface area (Å²) in [7, 11) is 0. The van der Waals surface area contributed by atoms with E-state index in [1.165, 1.54) is 0 Å². The first-order valence-corrected chi connectivity index (χ1v) is 8.30. The predicted octanol–water partition coefficient (Wildman–Crippen LogP) is 3.97. The monoisotopic (exact) mass is 370 g/mol. The Hall–Kier alpha value is 0.1000. The van der Waals surface area contributed by atoms with Crippen LogP contribution in [0.5, 0.6) is 0 Å². The molecule has 17 heavy (non-hydrogen) atoms. The molecule has 0 radical (unpaired) electrons. The fourth-order valence-corrected chi connectivity index (χ4v) is 2.10. The molecule has 0 spiro atoms. The van der Waals surface area contributed by atoms with Crippen molar-refractivity contribution in [2.75, 3.05) is 10.7 Å². The Bertz CT molecular complexity index is 198. The smallest absolute Gasteiger partial charge is 0.313 e. The van der Waals surface area contributed by atoms with Crippen molar-refractivity contribution in [3.63, 3.8) is 0 Å². The Morgan fingerprint density at radius 2 is 1.12 bits per heavy atom. The van der Waals surface area contributed by atoms with Crippen molar-refractivity contribution in [3.8, 4) is 0 Å². The number of hydrogen-bond acceptors (Lipinski definition) is 3. The number of esters is 2. The molecule has 5 heteroatoms. The molecule has 0 aromatic heterocycles. The molecular weight excluding hydrogens is 352 g/mol. The van der Waals surface area contributed by atoms with E-state index in [1.807, 2.05) is 0 Å². The van der Waals surface area contributed by atoms with Crippen LogP contribution in [-0.4, -0.2) is 22.6 Å². The van der Waals surface area contributed by atoms with Crippen LogP contribution >= 0.6 is 31.9 Å². The SMILES string of the molecule is O=C(CCCCCBr)OC(=O)CCCCCBr. The van der Waals surface area contributed by atoms with E-state index in [1.54, 1.807) is 0 Å². The third-order valence-electron chi connectivity index (χ3n) is 2.26. The molecule has 100 valence electrons. The second-order valence-electron chi connectivity index (χ2n) is 3.85. The van der Waals surface area contributed by atoms with Gasteiger partial charge in [-0.2, -0.15) is 0 Å². The van der Waals surface area contributed by atoms with Crippen molar-refractivity contribution in [3.05, 3.63) is 0 Å². The van der Waals surface area contributed by atoms with E-state index in [0.717, 1.165) is 49.2 Å². The largest absolute Gasteiger partial charge is 0.393 e. The van der Waals surface area contributed by atoms with Crippen LogP contribution in [0.15, 0.2) is 0 Å². The Labute approximate surface area is 120 Å². The molecule has 0 bridgehead atoms. The van der Waals surface area contributed by atoms with E-state index in [-0.39, 0.29) is 11.9 Å². The molecule has 0 saturated heterocycles. The summed E-state index contributed by atoms with van der Waals surface area (Å²) in [5.41, 5.74) is 0. The second kappa shape index (κ2) is 12.6. The third-order valence-corrected chi connectivity index (χ3v) is 3.38. The summed E-state index contributed by atoms with van der Waals surface area (Å²) in [6.07, 6.45) is 6.35. The molecule has 0 fully saturated rings. The maximum atomic E-state index is 11.2. The van der Waals surface area contributed by atoms with Gasteiger partial charge in [0.2, 0.25) is 0 Å². The minimum Gasteiger partial charge on any atom is -0.393 e. The summed E-state index contributed by atoms with van der Waals surface area (Å²) in [6.45, 7) is 0. The molecule has 0 rings (SSSR count). The summed E-state index contributed by atoms with van der Waals surface area (Å²) < 4.78 is 4.71. The molecule has 3 nitrogen and oxygen atoms in total. The van der Waals surface area contributed by atoms with E-state index in [0.29, 0.717) is 12.8 Å². The van der Waals surface area contributed by atoms with Gasteiger partial charge in [0, 0.05) is 23.5 Å². The van der Waals surface area contributed by atoms with Gasteiger partial charge in [0.05, 0.1) is 0 Å². The molecule has 0 heterocycles. The van der Waals surface area contributed by atoms with Crippen molar-refractivity contribution in [2.45, 2.75) is 51.4 Å². The highest BCUT2D eigenvalue weighted by molar-refractivity contribution is 9.09. The molecule has 0 aliphatic rings. The Morgan fingerprint density at radius 3 is 1.47 bits per heavy atom. The first-order chi connectivity index (χ1) is 8.20. The van der Waals surface area contributed by atoms with Crippen LogP contribution in [0.4, 0.5) is 0 Å².